The molecule has 0 aromatic rings. The molecular weight excluding hydrogens is 230 g/mol. The van der Waals surface area contributed by atoms with Crippen LogP contribution in [0.5, 0.6) is 0 Å². The van der Waals surface area contributed by atoms with Crippen LogP contribution in [0.15, 0.2) is 11.3 Å². The van der Waals surface area contributed by atoms with Gasteiger partial charge in [0.05, 0.1) is 19.8 Å². The highest BCUT2D eigenvalue weighted by molar-refractivity contribution is 7.70. The maximum atomic E-state index is 12.0. The number of carbonyl (C=O) groups is 1. The van der Waals surface area contributed by atoms with E-state index < -0.39 is 13.1 Å². The summed E-state index contributed by atoms with van der Waals surface area (Å²) in [5, 5.41) is -0.0718. The third-order valence-electron chi connectivity index (χ3n) is 1.76. The lowest BCUT2D eigenvalue weighted by atomic mass is 10.6. The molecule has 0 aromatic heterocycles. The van der Waals surface area contributed by atoms with Gasteiger partial charge in [-0.3, -0.25) is 0 Å². The van der Waals surface area contributed by atoms with Crippen LogP contribution in [-0.4, -0.2) is 32.2 Å². The van der Waals surface area contributed by atoms with Gasteiger partial charge in [0, 0.05) is 0 Å². The van der Waals surface area contributed by atoms with Crippen LogP contribution in [-0.2, 0) is 23.6 Å². The lowest BCUT2D eigenvalue weighted by Crippen LogP contribution is -2.06. The van der Waals surface area contributed by atoms with E-state index in [1.165, 1.54) is 14.2 Å². The minimum absolute atomic E-state index is 0.0548. The maximum Gasteiger partial charge on any atom is 0.348 e. The van der Waals surface area contributed by atoms with Crippen molar-refractivity contribution >= 4 is 24.7 Å². The zero-order valence-corrected chi connectivity index (χ0v) is 9.43. The summed E-state index contributed by atoms with van der Waals surface area (Å²) in [5.41, 5.74) is -0.162. The number of halogens is 1. The summed E-state index contributed by atoms with van der Waals surface area (Å²) in [7, 11) is -0.468. The third-order valence-corrected chi connectivity index (χ3v) is 5.03. The standard InChI is InChI=1S/C7H10ClO5P/c1-11-6(9)5-7(12-2)13-4-14(5,10)3-8/h3-4H2,1-2H3/t14-/m0/s1. The Labute approximate surface area is 86.3 Å². The van der Waals surface area contributed by atoms with Crippen LogP contribution in [0.2, 0.25) is 0 Å². The lowest BCUT2D eigenvalue weighted by molar-refractivity contribution is -0.135. The van der Waals surface area contributed by atoms with Gasteiger partial charge >= 0.3 is 5.97 Å². The van der Waals surface area contributed by atoms with Crippen molar-refractivity contribution in [3.05, 3.63) is 11.3 Å². The van der Waals surface area contributed by atoms with E-state index in [-0.39, 0.29) is 23.2 Å². The predicted molar refractivity (Wildman–Crippen MR) is 50.3 cm³/mol. The number of esters is 1. The molecular formula is C7H10ClO5P. The monoisotopic (exact) mass is 240 g/mol. The Morgan fingerprint density at radius 2 is 2.29 bits per heavy atom. The number of hydrogen-bond acceptors (Lipinski definition) is 5. The normalized spacial score (nSPS) is 25.9. The minimum atomic E-state index is -2.98. The van der Waals surface area contributed by atoms with E-state index in [2.05, 4.69) is 4.74 Å². The van der Waals surface area contributed by atoms with E-state index >= 15 is 0 Å². The minimum Gasteiger partial charge on any atom is -0.468 e. The van der Waals surface area contributed by atoms with Gasteiger partial charge < -0.3 is 18.8 Å². The summed E-state index contributed by atoms with van der Waals surface area (Å²) < 4.78 is 26.2. The van der Waals surface area contributed by atoms with Crippen LogP contribution in [0.1, 0.15) is 0 Å². The molecule has 0 bridgehead atoms. The summed E-state index contributed by atoms with van der Waals surface area (Å²) in [5.74, 6) is -0.774. The zero-order valence-electron chi connectivity index (χ0n) is 7.78. The van der Waals surface area contributed by atoms with E-state index in [4.69, 9.17) is 21.1 Å². The summed E-state index contributed by atoms with van der Waals surface area (Å²) in [6.45, 7) is 0. The smallest absolute Gasteiger partial charge is 0.348 e. The van der Waals surface area contributed by atoms with Crippen molar-refractivity contribution in [3.8, 4) is 0 Å². The van der Waals surface area contributed by atoms with E-state index in [9.17, 15) is 9.36 Å². The summed E-state index contributed by atoms with van der Waals surface area (Å²) in [6.07, 6.45) is -0.107. The van der Waals surface area contributed by atoms with Crippen LogP contribution in [0.4, 0.5) is 0 Å². The average Bonchev–Trinajstić information content (AvgIpc) is 2.55. The largest absolute Gasteiger partial charge is 0.468 e. The molecule has 1 rings (SSSR count). The molecule has 0 spiro atoms. The van der Waals surface area contributed by atoms with Crippen molar-refractivity contribution in [1.82, 2.24) is 0 Å². The molecule has 7 heteroatoms. The Balaban J connectivity index is 3.14. The molecule has 0 fully saturated rings. The molecule has 14 heavy (non-hydrogen) atoms. The second-order valence-corrected chi connectivity index (χ2v) is 6.05. The van der Waals surface area contributed by atoms with E-state index in [0.29, 0.717) is 0 Å². The molecule has 0 aromatic carbocycles. The Bertz CT molecular complexity index is 324. The van der Waals surface area contributed by atoms with Gasteiger partial charge in [0.15, 0.2) is 12.5 Å². The number of alkyl halides is 1. The quantitative estimate of drug-likeness (QED) is 0.425. The van der Waals surface area contributed by atoms with Crippen LogP contribution in [0.3, 0.4) is 0 Å². The fourth-order valence-corrected chi connectivity index (χ4v) is 3.18. The molecule has 0 saturated carbocycles. The molecule has 0 saturated heterocycles. The first-order chi connectivity index (χ1) is 6.59. The van der Waals surface area contributed by atoms with Crippen molar-refractivity contribution in [1.29, 1.82) is 0 Å². The van der Waals surface area contributed by atoms with Crippen LogP contribution in [0, 0.1) is 0 Å². The first-order valence-corrected chi connectivity index (χ1v) is 6.34. The van der Waals surface area contributed by atoms with Crippen LogP contribution < -0.4 is 0 Å². The van der Waals surface area contributed by atoms with Crippen molar-refractivity contribution in [2.24, 2.45) is 0 Å². The van der Waals surface area contributed by atoms with Crippen molar-refractivity contribution in [3.63, 3.8) is 0 Å². The number of methoxy groups -OCH3 is 2. The first kappa shape index (κ1) is 11.4. The molecule has 0 amide bonds. The molecule has 0 unspecified atom stereocenters. The summed E-state index contributed by atoms with van der Waals surface area (Å²) in [4.78, 5) is 11.3. The molecule has 1 heterocycles. The van der Waals surface area contributed by atoms with Crippen molar-refractivity contribution in [2.75, 3.05) is 26.2 Å². The van der Waals surface area contributed by atoms with Gasteiger partial charge in [-0.05, 0) is 0 Å². The Hall–Kier alpha value is -0.670. The molecule has 0 radical (unpaired) electrons. The Morgan fingerprint density at radius 3 is 2.71 bits per heavy atom. The zero-order chi connectivity index (χ0) is 10.8. The van der Waals surface area contributed by atoms with Crippen LogP contribution >= 0.6 is 18.7 Å². The van der Waals surface area contributed by atoms with E-state index in [1.54, 1.807) is 0 Å². The van der Waals surface area contributed by atoms with Gasteiger partial charge in [-0.1, -0.05) is 0 Å². The molecule has 1 aliphatic heterocycles. The van der Waals surface area contributed by atoms with Crippen LogP contribution in [0.25, 0.3) is 0 Å². The Kier molecular flexibility index (Phi) is 3.45. The highest BCUT2D eigenvalue weighted by Gasteiger charge is 2.43. The predicted octanol–water partition coefficient (Wildman–Crippen LogP) is 1.52. The number of ether oxygens (including phenoxy) is 3. The van der Waals surface area contributed by atoms with Gasteiger partial charge in [0.2, 0.25) is 0 Å². The molecule has 80 valence electrons. The number of hydrogen-bond donors (Lipinski definition) is 0. The van der Waals surface area contributed by atoms with Crippen molar-refractivity contribution < 1.29 is 23.6 Å². The topological polar surface area (TPSA) is 61.8 Å². The molecule has 0 aliphatic carbocycles. The van der Waals surface area contributed by atoms with E-state index in [1.807, 2.05) is 0 Å². The fraction of sp³-hybridized carbons (Fsp3) is 0.571. The van der Waals surface area contributed by atoms with Gasteiger partial charge in [-0.2, -0.15) is 0 Å². The maximum absolute atomic E-state index is 12.0. The average molecular weight is 241 g/mol. The SMILES string of the molecule is COC(=O)C1=C(OC)OC[P@@]1(=O)CCl. The number of rotatable bonds is 3. The second kappa shape index (κ2) is 4.24. The fourth-order valence-electron chi connectivity index (χ4n) is 1.06. The van der Waals surface area contributed by atoms with Gasteiger partial charge in [0.25, 0.3) is 5.95 Å². The first-order valence-electron chi connectivity index (χ1n) is 3.73. The third kappa shape index (κ3) is 1.74. The van der Waals surface area contributed by atoms with Gasteiger partial charge in [0.1, 0.15) is 6.35 Å². The highest BCUT2D eigenvalue weighted by Crippen LogP contribution is 2.60. The summed E-state index contributed by atoms with van der Waals surface area (Å²) in [6, 6.07) is 0. The molecule has 5 nitrogen and oxygen atoms in total. The highest BCUT2D eigenvalue weighted by atomic mass is 35.5. The Morgan fingerprint density at radius 1 is 1.64 bits per heavy atom. The second-order valence-electron chi connectivity index (χ2n) is 2.61. The molecule has 0 N–H and O–H groups in total. The number of carbonyl (C=O) groups excluding carboxylic acids is 1. The van der Waals surface area contributed by atoms with Crippen molar-refractivity contribution in [2.45, 2.75) is 0 Å². The summed E-state index contributed by atoms with van der Waals surface area (Å²) >= 11 is 5.53. The molecule has 1 atom stereocenters. The lowest BCUT2D eigenvalue weighted by Gasteiger charge is -2.07. The molecule has 1 aliphatic rings. The van der Waals surface area contributed by atoms with Gasteiger partial charge in [-0.25, -0.2) is 4.79 Å². The van der Waals surface area contributed by atoms with E-state index in [0.717, 1.165) is 0 Å². The van der Waals surface area contributed by atoms with Gasteiger partial charge in [-0.15, -0.1) is 11.6 Å².